The van der Waals surface area contributed by atoms with Crippen molar-refractivity contribution in [3.63, 3.8) is 0 Å². The molecule has 0 aliphatic rings. The van der Waals surface area contributed by atoms with E-state index in [1.165, 1.54) is 0 Å². The number of benzene rings is 1. The number of furan rings is 1. The van der Waals surface area contributed by atoms with E-state index in [0.717, 1.165) is 35.9 Å². The van der Waals surface area contributed by atoms with Crippen LogP contribution in [0.2, 0.25) is 5.02 Å². The summed E-state index contributed by atoms with van der Waals surface area (Å²) in [5.41, 5.74) is 1.06. The second-order valence-corrected chi connectivity index (χ2v) is 6.03. The molecule has 0 atom stereocenters. The second kappa shape index (κ2) is 7.53. The molecule has 21 heavy (non-hydrogen) atoms. The Bertz CT molecular complexity index is 578. The highest BCUT2D eigenvalue weighted by atomic mass is 35.5. The molecular weight excluding hydrogens is 286 g/mol. The molecule has 0 aliphatic heterocycles. The van der Waals surface area contributed by atoms with Gasteiger partial charge in [0.2, 0.25) is 0 Å². The van der Waals surface area contributed by atoms with Crippen LogP contribution >= 0.6 is 11.6 Å². The Hall–Kier alpha value is -1.45. The maximum atomic E-state index is 5.97. The lowest BCUT2D eigenvalue weighted by Gasteiger charge is -2.08. The molecule has 1 heterocycles. The van der Waals surface area contributed by atoms with Crippen molar-refractivity contribution >= 4 is 11.6 Å². The van der Waals surface area contributed by atoms with Crippen LogP contribution in [0, 0.1) is 12.8 Å². The van der Waals surface area contributed by atoms with E-state index < -0.39 is 0 Å². The molecule has 4 heteroatoms. The van der Waals surface area contributed by atoms with Gasteiger partial charge in [0.05, 0.1) is 6.54 Å². The average Bonchev–Trinajstić information content (AvgIpc) is 2.87. The van der Waals surface area contributed by atoms with Gasteiger partial charge in [-0.3, -0.25) is 0 Å². The predicted molar refractivity (Wildman–Crippen MR) is 85.8 cm³/mol. The number of hydrogen-bond acceptors (Lipinski definition) is 3. The van der Waals surface area contributed by atoms with Gasteiger partial charge in [-0.05, 0) is 49.2 Å². The third-order valence-electron chi connectivity index (χ3n) is 3.09. The van der Waals surface area contributed by atoms with E-state index in [4.69, 9.17) is 20.8 Å². The molecule has 0 unspecified atom stereocenters. The molecule has 0 aliphatic carbocycles. The van der Waals surface area contributed by atoms with Gasteiger partial charge in [-0.25, -0.2) is 0 Å². The maximum absolute atomic E-state index is 5.97. The fourth-order valence-electron chi connectivity index (χ4n) is 1.96. The van der Waals surface area contributed by atoms with Crippen LogP contribution < -0.4 is 10.1 Å². The van der Waals surface area contributed by atoms with Crippen LogP contribution in [0.1, 0.15) is 30.9 Å². The summed E-state index contributed by atoms with van der Waals surface area (Å²) in [6, 6.07) is 9.56. The van der Waals surface area contributed by atoms with Crippen LogP contribution in [0.3, 0.4) is 0 Å². The van der Waals surface area contributed by atoms with Gasteiger partial charge < -0.3 is 14.5 Å². The fourth-order valence-corrected chi connectivity index (χ4v) is 2.12. The lowest BCUT2D eigenvalue weighted by atomic mass is 10.2. The molecule has 2 aromatic rings. The zero-order valence-corrected chi connectivity index (χ0v) is 13.5. The lowest BCUT2D eigenvalue weighted by Crippen LogP contribution is -2.18. The zero-order chi connectivity index (χ0) is 15.2. The third-order valence-corrected chi connectivity index (χ3v) is 3.32. The van der Waals surface area contributed by atoms with Gasteiger partial charge in [0, 0.05) is 5.02 Å². The van der Waals surface area contributed by atoms with Crippen LogP contribution in [0.5, 0.6) is 5.75 Å². The van der Waals surface area contributed by atoms with Gasteiger partial charge in [0.1, 0.15) is 23.9 Å². The van der Waals surface area contributed by atoms with Crippen molar-refractivity contribution in [2.75, 3.05) is 6.54 Å². The van der Waals surface area contributed by atoms with E-state index >= 15 is 0 Å². The van der Waals surface area contributed by atoms with Crippen molar-refractivity contribution in [2.24, 2.45) is 5.92 Å². The first-order valence-corrected chi connectivity index (χ1v) is 7.59. The second-order valence-electron chi connectivity index (χ2n) is 5.59. The van der Waals surface area contributed by atoms with Gasteiger partial charge in [-0.15, -0.1) is 0 Å². The lowest BCUT2D eigenvalue weighted by molar-refractivity contribution is 0.263. The van der Waals surface area contributed by atoms with Crippen molar-refractivity contribution in [2.45, 2.75) is 33.9 Å². The number of nitrogens with one attached hydrogen (secondary N) is 1. The molecule has 1 aromatic heterocycles. The smallest absolute Gasteiger partial charge is 0.146 e. The minimum Gasteiger partial charge on any atom is -0.485 e. The highest BCUT2D eigenvalue weighted by Crippen LogP contribution is 2.23. The van der Waals surface area contributed by atoms with E-state index in [2.05, 4.69) is 19.2 Å². The predicted octanol–water partition coefficient (Wildman–Crippen LogP) is 4.57. The minimum absolute atomic E-state index is 0.408. The molecule has 1 N–H and O–H groups in total. The molecule has 0 saturated heterocycles. The molecule has 0 amide bonds. The first kappa shape index (κ1) is 15.9. The third kappa shape index (κ3) is 5.10. The monoisotopic (exact) mass is 307 g/mol. The molecule has 1 aromatic carbocycles. The summed E-state index contributed by atoms with van der Waals surface area (Å²) in [5, 5.41) is 4.03. The van der Waals surface area contributed by atoms with E-state index in [0.29, 0.717) is 17.5 Å². The molecular formula is C17H22ClNO2. The molecule has 114 valence electrons. The molecule has 0 spiro atoms. The summed E-state index contributed by atoms with van der Waals surface area (Å²) < 4.78 is 11.5. The largest absolute Gasteiger partial charge is 0.485 e. The Morgan fingerprint density at radius 3 is 2.71 bits per heavy atom. The summed E-state index contributed by atoms with van der Waals surface area (Å²) in [5.74, 6) is 3.17. The van der Waals surface area contributed by atoms with E-state index in [-0.39, 0.29) is 0 Å². The quantitative estimate of drug-likeness (QED) is 0.814. The van der Waals surface area contributed by atoms with Gasteiger partial charge in [0.15, 0.2) is 0 Å². The maximum Gasteiger partial charge on any atom is 0.146 e. The van der Waals surface area contributed by atoms with Crippen LogP contribution in [0.4, 0.5) is 0 Å². The Labute approximate surface area is 131 Å². The van der Waals surface area contributed by atoms with E-state index in [1.807, 2.05) is 37.3 Å². The standard InChI is InChI=1S/C17H22ClNO2/c1-12(2)9-19-10-15-6-7-16(21-15)11-20-17-8-14(18)5-4-13(17)3/h4-8,12,19H,9-11H2,1-3H3. The highest BCUT2D eigenvalue weighted by Gasteiger charge is 2.05. The van der Waals surface area contributed by atoms with Gasteiger partial charge >= 0.3 is 0 Å². The van der Waals surface area contributed by atoms with E-state index in [1.54, 1.807) is 0 Å². The van der Waals surface area contributed by atoms with Crippen molar-refractivity contribution in [1.29, 1.82) is 0 Å². The van der Waals surface area contributed by atoms with Crippen molar-refractivity contribution in [3.05, 3.63) is 52.4 Å². The van der Waals surface area contributed by atoms with Gasteiger partial charge in [-0.2, -0.15) is 0 Å². The Morgan fingerprint density at radius 2 is 1.95 bits per heavy atom. The highest BCUT2D eigenvalue weighted by molar-refractivity contribution is 6.30. The molecule has 0 fully saturated rings. The SMILES string of the molecule is Cc1ccc(Cl)cc1OCc1ccc(CNCC(C)C)o1. The van der Waals surface area contributed by atoms with Crippen molar-refractivity contribution in [3.8, 4) is 5.75 Å². The molecule has 0 radical (unpaired) electrons. The van der Waals surface area contributed by atoms with Crippen LogP contribution in [-0.4, -0.2) is 6.54 Å². The Morgan fingerprint density at radius 1 is 1.19 bits per heavy atom. The summed E-state index contributed by atoms with van der Waals surface area (Å²) in [6.07, 6.45) is 0. The fraction of sp³-hybridized carbons (Fsp3) is 0.412. The number of halogens is 1. The van der Waals surface area contributed by atoms with Crippen molar-refractivity contribution in [1.82, 2.24) is 5.32 Å². The summed E-state index contributed by atoms with van der Waals surface area (Å²) in [7, 11) is 0. The molecule has 2 rings (SSSR count). The Kier molecular flexibility index (Phi) is 5.71. The number of rotatable bonds is 7. The topological polar surface area (TPSA) is 34.4 Å². The first-order chi connectivity index (χ1) is 10.0. The zero-order valence-electron chi connectivity index (χ0n) is 12.8. The van der Waals surface area contributed by atoms with Crippen LogP contribution in [0.15, 0.2) is 34.7 Å². The molecule has 0 saturated carbocycles. The Balaban J connectivity index is 1.86. The summed E-state index contributed by atoms with van der Waals surface area (Å²) in [6.45, 7) is 8.49. The normalized spacial score (nSPS) is 11.1. The molecule has 0 bridgehead atoms. The van der Waals surface area contributed by atoms with Crippen LogP contribution in [-0.2, 0) is 13.2 Å². The summed E-state index contributed by atoms with van der Waals surface area (Å²) >= 11 is 5.97. The van der Waals surface area contributed by atoms with E-state index in [9.17, 15) is 0 Å². The number of hydrogen-bond donors (Lipinski definition) is 1. The molecule has 3 nitrogen and oxygen atoms in total. The number of ether oxygens (including phenoxy) is 1. The first-order valence-electron chi connectivity index (χ1n) is 7.22. The number of aryl methyl sites for hydroxylation is 1. The minimum atomic E-state index is 0.408. The average molecular weight is 308 g/mol. The van der Waals surface area contributed by atoms with Gasteiger partial charge in [0.25, 0.3) is 0 Å². The van der Waals surface area contributed by atoms with Gasteiger partial charge in [-0.1, -0.05) is 31.5 Å². The summed E-state index contributed by atoms with van der Waals surface area (Å²) in [4.78, 5) is 0. The van der Waals surface area contributed by atoms with Crippen molar-refractivity contribution < 1.29 is 9.15 Å². The van der Waals surface area contributed by atoms with Crippen LogP contribution in [0.25, 0.3) is 0 Å².